The lowest BCUT2D eigenvalue weighted by Crippen LogP contribution is -2.33. The molecule has 0 aliphatic heterocycles. The molecule has 0 heterocycles. The summed E-state index contributed by atoms with van der Waals surface area (Å²) in [5.74, 6) is 0. The Kier molecular flexibility index (Phi) is 5.52. The van der Waals surface area contributed by atoms with E-state index >= 15 is 0 Å². The van der Waals surface area contributed by atoms with E-state index in [0.717, 1.165) is 0 Å². The number of hydrogen-bond acceptors (Lipinski definition) is 2. The topological polar surface area (TPSA) is 18.5 Å². The Bertz CT molecular complexity index is 119. The van der Waals surface area contributed by atoms with Gasteiger partial charge >= 0.3 is 9.28 Å². The van der Waals surface area contributed by atoms with E-state index in [0.29, 0.717) is 0 Å². The zero-order valence-electron chi connectivity index (χ0n) is 7.26. The number of alkyl halides is 3. The molecule has 0 saturated carbocycles. The van der Waals surface area contributed by atoms with Gasteiger partial charge in [0.15, 0.2) is 6.17 Å². The molecule has 0 aliphatic rings. The van der Waals surface area contributed by atoms with E-state index in [1.54, 1.807) is 0 Å². The Morgan fingerprint density at radius 1 is 1.08 bits per heavy atom. The summed E-state index contributed by atoms with van der Waals surface area (Å²) in [7, 11) is 0.429. The molecule has 2 unspecified atom stereocenters. The Balaban J connectivity index is 4.05. The lowest BCUT2D eigenvalue weighted by atomic mass is 10.3. The summed E-state index contributed by atoms with van der Waals surface area (Å²) < 4.78 is 45.9. The molecule has 74 valence electrons. The van der Waals surface area contributed by atoms with Crippen molar-refractivity contribution in [2.45, 2.75) is 25.1 Å². The summed E-state index contributed by atoms with van der Waals surface area (Å²) in [6, 6.07) is 0. The average Bonchev–Trinajstić information content (AvgIpc) is 2.05. The molecule has 12 heavy (non-hydrogen) atoms. The van der Waals surface area contributed by atoms with Crippen molar-refractivity contribution in [3.8, 4) is 0 Å². The summed E-state index contributed by atoms with van der Waals surface area (Å²) in [6.07, 6.45) is -5.11. The van der Waals surface area contributed by atoms with Crippen LogP contribution in [0.1, 0.15) is 6.92 Å². The van der Waals surface area contributed by atoms with E-state index in [4.69, 9.17) is 8.85 Å². The van der Waals surface area contributed by atoms with Crippen LogP contribution in [0.5, 0.6) is 0 Å². The minimum Gasteiger partial charge on any atom is -0.400 e. The van der Waals surface area contributed by atoms with Gasteiger partial charge < -0.3 is 8.85 Å². The van der Waals surface area contributed by atoms with Gasteiger partial charge in [-0.15, -0.1) is 0 Å². The van der Waals surface area contributed by atoms with Crippen molar-refractivity contribution in [3.05, 3.63) is 0 Å². The number of rotatable bonds is 5. The van der Waals surface area contributed by atoms with Gasteiger partial charge in [-0.25, -0.2) is 13.2 Å². The maximum Gasteiger partial charge on any atom is 0.326 e. The third kappa shape index (κ3) is 3.12. The van der Waals surface area contributed by atoms with Crippen LogP contribution in [0.2, 0.25) is 5.54 Å². The molecule has 0 rings (SSSR count). The first-order valence-corrected chi connectivity index (χ1v) is 5.13. The van der Waals surface area contributed by atoms with Crippen molar-refractivity contribution in [1.29, 1.82) is 0 Å². The smallest absolute Gasteiger partial charge is 0.326 e. The Morgan fingerprint density at radius 2 is 1.50 bits per heavy atom. The predicted octanol–water partition coefficient (Wildman–Crippen LogP) is 1.49. The molecule has 0 aromatic carbocycles. The molecule has 0 N–H and O–H groups in total. The summed E-state index contributed by atoms with van der Waals surface area (Å²) in [5.41, 5.74) is -0.833. The molecule has 0 aromatic heterocycles. The highest BCUT2D eigenvalue weighted by atomic mass is 28.3. The van der Waals surface area contributed by atoms with Crippen LogP contribution < -0.4 is 0 Å². The van der Waals surface area contributed by atoms with Crippen LogP contribution in [-0.4, -0.2) is 36.1 Å². The molecular formula is C6H13F3O2Si. The van der Waals surface area contributed by atoms with Gasteiger partial charge in [0.1, 0.15) is 0 Å². The van der Waals surface area contributed by atoms with Crippen LogP contribution in [0.3, 0.4) is 0 Å². The minimum absolute atomic E-state index is 0.833. The van der Waals surface area contributed by atoms with Crippen LogP contribution in [0.15, 0.2) is 0 Å². The maximum atomic E-state index is 12.7. The normalized spacial score (nSPS) is 17.0. The summed E-state index contributed by atoms with van der Waals surface area (Å²) in [4.78, 5) is 0. The molecular weight excluding hydrogens is 189 g/mol. The largest absolute Gasteiger partial charge is 0.400 e. The van der Waals surface area contributed by atoms with Crippen molar-refractivity contribution in [3.63, 3.8) is 0 Å². The molecule has 0 saturated heterocycles. The standard InChI is InChI=1S/C6H13F3O2Si/c1-4(5(7)6(8)9)12(10-2)11-3/h4-6,12H,1-3H3. The monoisotopic (exact) mass is 202 g/mol. The molecule has 0 aromatic rings. The van der Waals surface area contributed by atoms with Crippen LogP contribution in [0.25, 0.3) is 0 Å². The summed E-state index contributed by atoms with van der Waals surface area (Å²) in [6.45, 7) is 1.38. The molecule has 0 aliphatic carbocycles. The van der Waals surface area contributed by atoms with Crippen LogP contribution in [0, 0.1) is 0 Å². The second-order valence-corrected chi connectivity index (χ2v) is 5.21. The van der Waals surface area contributed by atoms with Crippen LogP contribution in [-0.2, 0) is 8.85 Å². The average molecular weight is 202 g/mol. The maximum absolute atomic E-state index is 12.7. The lowest BCUT2D eigenvalue weighted by Gasteiger charge is -2.21. The van der Waals surface area contributed by atoms with Gasteiger partial charge in [0.05, 0.1) is 0 Å². The zero-order chi connectivity index (χ0) is 9.72. The Morgan fingerprint density at radius 3 is 1.75 bits per heavy atom. The molecule has 0 bridgehead atoms. The molecule has 0 fully saturated rings. The number of hydrogen-bond donors (Lipinski definition) is 0. The van der Waals surface area contributed by atoms with E-state index in [2.05, 4.69) is 0 Å². The van der Waals surface area contributed by atoms with Gasteiger partial charge in [0.25, 0.3) is 6.43 Å². The van der Waals surface area contributed by atoms with Crippen molar-refractivity contribution >= 4 is 9.28 Å². The highest BCUT2D eigenvalue weighted by Crippen LogP contribution is 2.23. The first kappa shape index (κ1) is 11.9. The molecule has 6 heteroatoms. The highest BCUT2D eigenvalue weighted by Gasteiger charge is 2.34. The van der Waals surface area contributed by atoms with Crippen molar-refractivity contribution in [2.24, 2.45) is 0 Å². The molecule has 0 amide bonds. The van der Waals surface area contributed by atoms with E-state index < -0.39 is 27.4 Å². The quantitative estimate of drug-likeness (QED) is 0.629. The second-order valence-electron chi connectivity index (χ2n) is 2.48. The van der Waals surface area contributed by atoms with E-state index in [1.165, 1.54) is 21.1 Å². The first-order valence-electron chi connectivity index (χ1n) is 3.52. The summed E-state index contributed by atoms with van der Waals surface area (Å²) in [5, 5.41) is 0. The third-order valence-corrected chi connectivity index (χ3v) is 3.79. The fourth-order valence-electron chi connectivity index (χ4n) is 0.905. The van der Waals surface area contributed by atoms with E-state index in [1.807, 2.05) is 0 Å². The second kappa shape index (κ2) is 5.55. The Hall–Kier alpha value is -0.0731. The molecule has 0 spiro atoms. The fraction of sp³-hybridized carbons (Fsp3) is 1.00. The zero-order valence-corrected chi connectivity index (χ0v) is 8.41. The van der Waals surface area contributed by atoms with Gasteiger partial charge in [-0.1, -0.05) is 6.92 Å². The fourth-order valence-corrected chi connectivity index (χ4v) is 2.42. The number of halogens is 3. The van der Waals surface area contributed by atoms with Crippen molar-refractivity contribution in [2.75, 3.05) is 14.2 Å². The lowest BCUT2D eigenvalue weighted by molar-refractivity contribution is 0.0412. The highest BCUT2D eigenvalue weighted by molar-refractivity contribution is 6.46. The molecule has 2 nitrogen and oxygen atoms in total. The predicted molar refractivity (Wildman–Crippen MR) is 41.5 cm³/mol. The van der Waals surface area contributed by atoms with Gasteiger partial charge in [0.2, 0.25) is 0 Å². The van der Waals surface area contributed by atoms with Crippen LogP contribution >= 0.6 is 0 Å². The van der Waals surface area contributed by atoms with E-state index in [9.17, 15) is 13.2 Å². The van der Waals surface area contributed by atoms with Gasteiger partial charge in [-0.2, -0.15) is 0 Å². The Labute approximate surface area is 71.5 Å². The SMILES string of the molecule is CO[SiH](OC)C(C)C(F)C(F)F. The molecule has 0 radical (unpaired) electrons. The summed E-state index contributed by atoms with van der Waals surface area (Å²) >= 11 is 0. The van der Waals surface area contributed by atoms with Gasteiger partial charge in [0, 0.05) is 19.8 Å². The minimum atomic E-state index is -2.96. The van der Waals surface area contributed by atoms with Crippen LogP contribution in [0.4, 0.5) is 13.2 Å². The van der Waals surface area contributed by atoms with Gasteiger partial charge in [-0.05, 0) is 0 Å². The molecule has 2 atom stereocenters. The van der Waals surface area contributed by atoms with E-state index in [-0.39, 0.29) is 0 Å². The first-order chi connectivity index (χ1) is 5.54. The third-order valence-electron chi connectivity index (χ3n) is 1.64. The van der Waals surface area contributed by atoms with Crippen molar-refractivity contribution in [1.82, 2.24) is 0 Å². The van der Waals surface area contributed by atoms with Crippen molar-refractivity contribution < 1.29 is 22.0 Å². The van der Waals surface area contributed by atoms with Gasteiger partial charge in [-0.3, -0.25) is 0 Å².